The molecule has 1 amide bonds. The van der Waals surface area contributed by atoms with Crippen molar-refractivity contribution < 1.29 is 14.6 Å². The molecule has 2 aromatic heterocycles. The van der Waals surface area contributed by atoms with Crippen LogP contribution in [0.4, 0.5) is 10.6 Å². The SMILES string of the molecule is CC(C)(C)OC(=O)N1CCC2(CC1)CC(n1cc(C#Cc3cc(-c4ccccc4O)nnc3N)cn1)C2. The number of nitrogens with two attached hydrogens (primary N) is 1. The van der Waals surface area contributed by atoms with Crippen molar-refractivity contribution in [3.8, 4) is 28.8 Å². The zero-order chi connectivity index (χ0) is 26.2. The molecule has 37 heavy (non-hydrogen) atoms. The summed E-state index contributed by atoms with van der Waals surface area (Å²) in [5.41, 5.74) is 8.21. The number of para-hydroxylation sites is 1. The van der Waals surface area contributed by atoms with E-state index in [-0.39, 0.29) is 23.1 Å². The third-order valence-corrected chi connectivity index (χ3v) is 7.13. The molecule has 0 bridgehead atoms. The first-order chi connectivity index (χ1) is 17.6. The Morgan fingerprint density at radius 3 is 2.59 bits per heavy atom. The molecule has 1 aliphatic heterocycles. The van der Waals surface area contributed by atoms with Crippen molar-refractivity contribution in [3.05, 3.63) is 53.9 Å². The van der Waals surface area contributed by atoms with Gasteiger partial charge in [0.2, 0.25) is 0 Å². The maximum absolute atomic E-state index is 12.4. The van der Waals surface area contributed by atoms with Crippen molar-refractivity contribution in [2.24, 2.45) is 5.41 Å². The first-order valence-electron chi connectivity index (χ1n) is 12.6. The number of aromatic hydroxyl groups is 1. The Hall–Kier alpha value is -4.06. The Balaban J connectivity index is 1.20. The molecule has 2 aliphatic rings. The van der Waals surface area contributed by atoms with E-state index in [0.717, 1.165) is 44.3 Å². The Kier molecular flexibility index (Phi) is 6.28. The first kappa shape index (κ1) is 24.6. The van der Waals surface area contributed by atoms with Crippen LogP contribution in [-0.2, 0) is 4.74 Å². The van der Waals surface area contributed by atoms with E-state index >= 15 is 0 Å². The van der Waals surface area contributed by atoms with Crippen LogP contribution in [0, 0.1) is 17.3 Å². The van der Waals surface area contributed by atoms with E-state index in [1.807, 2.05) is 42.6 Å². The number of nitrogens with zero attached hydrogens (tertiary/aromatic N) is 5. The zero-order valence-corrected chi connectivity index (χ0v) is 21.4. The van der Waals surface area contributed by atoms with Gasteiger partial charge in [-0.2, -0.15) is 5.10 Å². The van der Waals surface area contributed by atoms with Crippen LogP contribution in [0.15, 0.2) is 42.7 Å². The van der Waals surface area contributed by atoms with Crippen LogP contribution in [-0.4, -0.2) is 54.8 Å². The van der Waals surface area contributed by atoms with E-state index in [0.29, 0.717) is 22.9 Å². The molecule has 3 aromatic rings. The van der Waals surface area contributed by atoms with Crippen LogP contribution in [0.25, 0.3) is 11.3 Å². The van der Waals surface area contributed by atoms with Gasteiger partial charge in [0, 0.05) is 24.8 Å². The lowest BCUT2D eigenvalue weighted by molar-refractivity contribution is -0.0258. The monoisotopic (exact) mass is 500 g/mol. The van der Waals surface area contributed by atoms with Crippen LogP contribution in [0.2, 0.25) is 0 Å². The molecular formula is C28H32N6O3. The maximum atomic E-state index is 12.4. The number of phenols is 1. The lowest BCUT2D eigenvalue weighted by Gasteiger charge is -2.52. The number of piperidine rings is 1. The highest BCUT2D eigenvalue weighted by Gasteiger charge is 2.47. The number of benzene rings is 1. The molecular weight excluding hydrogens is 468 g/mol. The summed E-state index contributed by atoms with van der Waals surface area (Å²) in [6.07, 6.45) is 7.59. The molecule has 1 aliphatic carbocycles. The summed E-state index contributed by atoms with van der Waals surface area (Å²) in [7, 11) is 0. The molecule has 0 radical (unpaired) electrons. The molecule has 3 heterocycles. The molecule has 192 valence electrons. The van der Waals surface area contributed by atoms with Crippen LogP contribution in [0.3, 0.4) is 0 Å². The molecule has 9 nitrogen and oxygen atoms in total. The Bertz CT molecular complexity index is 1360. The smallest absolute Gasteiger partial charge is 0.410 e. The highest BCUT2D eigenvalue weighted by molar-refractivity contribution is 5.69. The maximum Gasteiger partial charge on any atom is 0.410 e. The number of carbonyl (C=O) groups is 1. The number of likely N-dealkylation sites (tertiary alicyclic amines) is 1. The second-order valence-electron chi connectivity index (χ2n) is 11.0. The normalized spacial score (nSPS) is 17.1. The summed E-state index contributed by atoms with van der Waals surface area (Å²) in [4.78, 5) is 14.2. The molecule has 2 fully saturated rings. The number of aromatic nitrogens is 4. The number of hydrogen-bond donors (Lipinski definition) is 2. The van der Waals surface area contributed by atoms with Gasteiger partial charge < -0.3 is 20.5 Å². The van der Waals surface area contributed by atoms with E-state index in [1.54, 1.807) is 30.5 Å². The van der Waals surface area contributed by atoms with Crippen molar-refractivity contribution in [1.82, 2.24) is 24.9 Å². The number of ether oxygens (including phenoxy) is 1. The fraction of sp³-hybridized carbons (Fsp3) is 0.429. The molecule has 0 unspecified atom stereocenters. The van der Waals surface area contributed by atoms with E-state index in [9.17, 15) is 9.90 Å². The van der Waals surface area contributed by atoms with Crippen LogP contribution in [0.1, 0.15) is 63.6 Å². The van der Waals surface area contributed by atoms with Gasteiger partial charge in [0.15, 0.2) is 5.82 Å². The van der Waals surface area contributed by atoms with Gasteiger partial charge >= 0.3 is 6.09 Å². The van der Waals surface area contributed by atoms with Gasteiger partial charge in [-0.1, -0.05) is 24.0 Å². The van der Waals surface area contributed by atoms with Crippen molar-refractivity contribution in [2.45, 2.75) is 58.1 Å². The Labute approximate surface area is 216 Å². The molecule has 1 aromatic carbocycles. The molecule has 1 spiro atoms. The summed E-state index contributed by atoms with van der Waals surface area (Å²) in [6, 6.07) is 9.00. The number of rotatable bonds is 2. The predicted octanol–water partition coefficient (Wildman–Crippen LogP) is 4.38. The topological polar surface area (TPSA) is 119 Å². The molecule has 3 N–H and O–H groups in total. The fourth-order valence-electron chi connectivity index (χ4n) is 5.09. The van der Waals surface area contributed by atoms with Gasteiger partial charge in [-0.25, -0.2) is 4.79 Å². The summed E-state index contributed by atoms with van der Waals surface area (Å²) in [5.74, 6) is 6.55. The number of hydrogen-bond acceptors (Lipinski definition) is 7. The van der Waals surface area contributed by atoms with Gasteiger partial charge in [0.1, 0.15) is 11.4 Å². The van der Waals surface area contributed by atoms with E-state index in [2.05, 4.69) is 27.1 Å². The lowest BCUT2D eigenvalue weighted by atomic mass is 9.60. The number of anilines is 1. The first-order valence-corrected chi connectivity index (χ1v) is 12.6. The predicted molar refractivity (Wildman–Crippen MR) is 139 cm³/mol. The number of amides is 1. The quantitative estimate of drug-likeness (QED) is 0.501. The van der Waals surface area contributed by atoms with E-state index in [4.69, 9.17) is 10.5 Å². The van der Waals surface area contributed by atoms with Crippen molar-refractivity contribution in [1.29, 1.82) is 0 Å². The summed E-state index contributed by atoms with van der Waals surface area (Å²) < 4.78 is 7.52. The Morgan fingerprint density at radius 1 is 1.16 bits per heavy atom. The minimum atomic E-state index is -0.471. The van der Waals surface area contributed by atoms with Crippen LogP contribution in [0.5, 0.6) is 5.75 Å². The lowest BCUT2D eigenvalue weighted by Crippen LogP contribution is -2.50. The van der Waals surface area contributed by atoms with Gasteiger partial charge in [-0.15, -0.1) is 10.2 Å². The van der Waals surface area contributed by atoms with Gasteiger partial charge in [0.25, 0.3) is 0 Å². The zero-order valence-electron chi connectivity index (χ0n) is 21.4. The van der Waals surface area contributed by atoms with Crippen LogP contribution >= 0.6 is 0 Å². The number of carbonyl (C=O) groups excluding carboxylic acids is 1. The van der Waals surface area contributed by atoms with Crippen LogP contribution < -0.4 is 5.73 Å². The number of phenolic OH excluding ortho intramolecular Hbond substituents is 1. The van der Waals surface area contributed by atoms with Gasteiger partial charge in [-0.3, -0.25) is 4.68 Å². The average molecular weight is 501 g/mol. The highest BCUT2D eigenvalue weighted by atomic mass is 16.6. The average Bonchev–Trinajstić information content (AvgIpc) is 3.30. The van der Waals surface area contributed by atoms with E-state index < -0.39 is 5.60 Å². The molecule has 1 saturated carbocycles. The molecule has 5 rings (SSSR count). The van der Waals surface area contributed by atoms with Crippen molar-refractivity contribution in [3.63, 3.8) is 0 Å². The molecule has 0 atom stereocenters. The largest absolute Gasteiger partial charge is 0.507 e. The second-order valence-corrected chi connectivity index (χ2v) is 11.0. The summed E-state index contributed by atoms with van der Waals surface area (Å²) in [5, 5.41) is 22.8. The van der Waals surface area contributed by atoms with Crippen molar-refractivity contribution >= 4 is 11.9 Å². The number of nitrogen functional groups attached to an aromatic ring is 1. The highest BCUT2D eigenvalue weighted by Crippen LogP contribution is 2.54. The summed E-state index contributed by atoms with van der Waals surface area (Å²) >= 11 is 0. The standard InChI is InChI=1S/C28H32N6O3/c1-27(2,3)37-26(36)33-12-10-28(11-13-33)15-21(16-28)34-18-19(17-30-34)8-9-20-14-23(31-32-25(20)29)22-6-4-5-7-24(22)35/h4-7,14,17-18,21,35H,10-13,15-16H2,1-3H3,(H2,29,32). The fourth-order valence-corrected chi connectivity index (χ4v) is 5.09. The summed E-state index contributed by atoms with van der Waals surface area (Å²) in [6.45, 7) is 7.16. The molecule has 9 heteroatoms. The van der Waals surface area contributed by atoms with Gasteiger partial charge in [0.05, 0.1) is 29.1 Å². The molecule has 1 saturated heterocycles. The van der Waals surface area contributed by atoms with Crippen molar-refractivity contribution in [2.75, 3.05) is 18.8 Å². The third-order valence-electron chi connectivity index (χ3n) is 7.13. The minimum absolute atomic E-state index is 0.121. The Morgan fingerprint density at radius 2 is 1.89 bits per heavy atom. The third kappa shape index (κ3) is 5.38. The van der Waals surface area contributed by atoms with Gasteiger partial charge in [-0.05, 0) is 70.1 Å². The second kappa shape index (κ2) is 9.43. The van der Waals surface area contributed by atoms with E-state index in [1.165, 1.54) is 0 Å². The minimum Gasteiger partial charge on any atom is -0.507 e.